The Morgan fingerprint density at radius 3 is 2.57 bits per heavy atom. The number of anilines is 1. The largest absolute Gasteiger partial charge is 0.495 e. The fourth-order valence-corrected chi connectivity index (χ4v) is 2.49. The smallest absolute Gasteiger partial charge is 0.247 e. The number of benzene rings is 2. The average Bonchev–Trinajstić information content (AvgIpc) is 2.47. The van der Waals surface area contributed by atoms with Crippen molar-refractivity contribution in [1.82, 2.24) is 0 Å². The molecule has 0 aromatic heterocycles. The molecule has 0 radical (unpaired) electrons. The van der Waals surface area contributed by atoms with Crippen LogP contribution < -0.4 is 15.8 Å². The number of para-hydroxylation sites is 2. The number of primary amides is 1. The van der Waals surface area contributed by atoms with Crippen molar-refractivity contribution in [3.63, 3.8) is 0 Å². The molecule has 0 bridgehead atoms. The fourth-order valence-electron chi connectivity index (χ4n) is 2.09. The van der Waals surface area contributed by atoms with Gasteiger partial charge in [-0.25, -0.2) is 0 Å². The van der Waals surface area contributed by atoms with Crippen LogP contribution in [0.4, 0.5) is 5.69 Å². The number of ether oxygens (including phenoxy) is 1. The Morgan fingerprint density at radius 1 is 1.24 bits per heavy atom. The number of rotatable bonds is 5. The second kappa shape index (κ2) is 6.18. The maximum Gasteiger partial charge on any atom is 0.247 e. The molecule has 3 N–H and O–H groups in total. The average molecular weight is 349 g/mol. The highest BCUT2D eigenvalue weighted by Gasteiger charge is 2.34. The van der Waals surface area contributed by atoms with Crippen LogP contribution in [0.1, 0.15) is 12.5 Å². The van der Waals surface area contributed by atoms with Crippen molar-refractivity contribution < 1.29 is 9.53 Å². The summed E-state index contributed by atoms with van der Waals surface area (Å²) in [5.41, 5.74) is 6.07. The topological polar surface area (TPSA) is 64.3 Å². The van der Waals surface area contributed by atoms with Gasteiger partial charge in [-0.2, -0.15) is 0 Å². The van der Waals surface area contributed by atoms with Crippen molar-refractivity contribution >= 4 is 27.5 Å². The monoisotopic (exact) mass is 348 g/mol. The Bertz CT molecular complexity index is 660. The lowest BCUT2D eigenvalue weighted by atomic mass is 9.91. The van der Waals surface area contributed by atoms with Crippen molar-refractivity contribution in [2.24, 2.45) is 5.73 Å². The van der Waals surface area contributed by atoms with Crippen LogP contribution in [0.15, 0.2) is 53.0 Å². The van der Waals surface area contributed by atoms with E-state index in [-0.39, 0.29) is 0 Å². The van der Waals surface area contributed by atoms with Crippen LogP contribution in [0.25, 0.3) is 0 Å². The molecule has 1 unspecified atom stereocenters. The quantitative estimate of drug-likeness (QED) is 0.871. The van der Waals surface area contributed by atoms with Crippen molar-refractivity contribution in [2.45, 2.75) is 12.5 Å². The number of amides is 1. The predicted octanol–water partition coefficient (Wildman–Crippen LogP) is 3.27. The maximum absolute atomic E-state index is 12.0. The second-order valence-corrected chi connectivity index (χ2v) is 5.74. The zero-order valence-electron chi connectivity index (χ0n) is 11.9. The van der Waals surface area contributed by atoms with Gasteiger partial charge in [-0.3, -0.25) is 4.79 Å². The number of hydrogen-bond acceptors (Lipinski definition) is 3. The summed E-state index contributed by atoms with van der Waals surface area (Å²) in [5.74, 6) is 0.187. The standard InChI is InChI=1S/C16H17BrN2O2/c1-16(15(18)20,11-6-5-7-12(17)10-11)19-13-8-3-4-9-14(13)21-2/h3-10,19H,1-2H3,(H2,18,20). The van der Waals surface area contributed by atoms with Gasteiger partial charge < -0.3 is 15.8 Å². The van der Waals surface area contributed by atoms with E-state index >= 15 is 0 Å². The number of methoxy groups -OCH3 is 1. The summed E-state index contributed by atoms with van der Waals surface area (Å²) in [4.78, 5) is 12.0. The summed E-state index contributed by atoms with van der Waals surface area (Å²) in [6.45, 7) is 1.75. The summed E-state index contributed by atoms with van der Waals surface area (Å²) in [7, 11) is 1.58. The number of carbonyl (C=O) groups is 1. The van der Waals surface area contributed by atoms with E-state index in [1.54, 1.807) is 14.0 Å². The molecule has 4 nitrogen and oxygen atoms in total. The molecule has 110 valence electrons. The molecule has 21 heavy (non-hydrogen) atoms. The van der Waals surface area contributed by atoms with E-state index in [0.29, 0.717) is 11.4 Å². The zero-order valence-corrected chi connectivity index (χ0v) is 13.5. The van der Waals surface area contributed by atoms with Crippen LogP contribution in [0.2, 0.25) is 0 Å². The van der Waals surface area contributed by atoms with Gasteiger partial charge in [-0.05, 0) is 36.8 Å². The molecular weight excluding hydrogens is 332 g/mol. The Hall–Kier alpha value is -2.01. The van der Waals surface area contributed by atoms with Crippen LogP contribution in [0.3, 0.4) is 0 Å². The molecule has 0 aliphatic heterocycles. The van der Waals surface area contributed by atoms with Gasteiger partial charge in [0, 0.05) is 4.47 Å². The molecule has 0 spiro atoms. The maximum atomic E-state index is 12.0. The molecule has 0 heterocycles. The number of halogens is 1. The number of nitrogens with two attached hydrogens (primary N) is 1. The normalized spacial score (nSPS) is 13.3. The van der Waals surface area contributed by atoms with Crippen molar-refractivity contribution in [3.8, 4) is 5.75 Å². The van der Waals surface area contributed by atoms with Crippen LogP contribution in [0.5, 0.6) is 5.75 Å². The molecule has 5 heteroatoms. The van der Waals surface area contributed by atoms with Gasteiger partial charge in [0.1, 0.15) is 11.3 Å². The number of nitrogens with one attached hydrogen (secondary N) is 1. The molecule has 0 fully saturated rings. The third kappa shape index (κ3) is 3.19. The van der Waals surface area contributed by atoms with Crippen LogP contribution in [-0.4, -0.2) is 13.0 Å². The molecule has 1 atom stereocenters. The van der Waals surface area contributed by atoms with Crippen LogP contribution in [0, 0.1) is 0 Å². The van der Waals surface area contributed by atoms with Gasteiger partial charge in [0.15, 0.2) is 0 Å². The summed E-state index contributed by atoms with van der Waals surface area (Å²) < 4.78 is 6.19. The summed E-state index contributed by atoms with van der Waals surface area (Å²) in [5, 5.41) is 3.20. The highest BCUT2D eigenvalue weighted by atomic mass is 79.9. The van der Waals surface area contributed by atoms with Crippen LogP contribution >= 0.6 is 15.9 Å². The summed E-state index contributed by atoms with van der Waals surface area (Å²) in [6.07, 6.45) is 0. The molecule has 2 aromatic rings. The minimum absolute atomic E-state index is 0.466. The van der Waals surface area contributed by atoms with Crippen molar-refractivity contribution in [1.29, 1.82) is 0 Å². The Balaban J connectivity index is 2.46. The lowest BCUT2D eigenvalue weighted by Crippen LogP contribution is -2.45. The molecule has 2 aromatic carbocycles. The summed E-state index contributed by atoms with van der Waals surface area (Å²) >= 11 is 3.41. The molecule has 2 rings (SSSR count). The summed E-state index contributed by atoms with van der Waals surface area (Å²) in [6, 6.07) is 14.9. The zero-order chi connectivity index (χ0) is 15.5. The Kier molecular flexibility index (Phi) is 4.53. The SMILES string of the molecule is COc1ccccc1NC(C)(C(N)=O)c1cccc(Br)c1. The van der Waals surface area contributed by atoms with Gasteiger partial charge in [0.05, 0.1) is 12.8 Å². The predicted molar refractivity (Wildman–Crippen MR) is 87.3 cm³/mol. The first-order valence-corrected chi connectivity index (χ1v) is 7.24. The van der Waals surface area contributed by atoms with E-state index in [4.69, 9.17) is 10.5 Å². The Labute approximate surface area is 132 Å². The van der Waals surface area contributed by atoms with Gasteiger partial charge in [0.25, 0.3) is 0 Å². The fraction of sp³-hybridized carbons (Fsp3) is 0.188. The number of carbonyl (C=O) groups excluding carboxylic acids is 1. The first-order valence-electron chi connectivity index (χ1n) is 6.44. The van der Waals surface area contributed by atoms with E-state index in [1.807, 2.05) is 48.5 Å². The van der Waals surface area contributed by atoms with Crippen molar-refractivity contribution in [3.05, 3.63) is 58.6 Å². The minimum Gasteiger partial charge on any atom is -0.495 e. The molecule has 0 aliphatic carbocycles. The Morgan fingerprint density at radius 2 is 1.95 bits per heavy atom. The van der Waals surface area contributed by atoms with Crippen LogP contribution in [-0.2, 0) is 10.3 Å². The third-order valence-electron chi connectivity index (χ3n) is 3.39. The lowest BCUT2D eigenvalue weighted by Gasteiger charge is -2.30. The van der Waals surface area contributed by atoms with Gasteiger partial charge in [-0.15, -0.1) is 0 Å². The molecular formula is C16H17BrN2O2. The van der Waals surface area contributed by atoms with E-state index < -0.39 is 11.4 Å². The highest BCUT2D eigenvalue weighted by molar-refractivity contribution is 9.10. The van der Waals surface area contributed by atoms with E-state index in [1.165, 1.54) is 0 Å². The van der Waals surface area contributed by atoms with Crippen molar-refractivity contribution in [2.75, 3.05) is 12.4 Å². The first kappa shape index (κ1) is 15.4. The molecule has 0 saturated heterocycles. The van der Waals surface area contributed by atoms with Gasteiger partial charge in [-0.1, -0.05) is 40.2 Å². The van der Waals surface area contributed by atoms with Gasteiger partial charge in [0.2, 0.25) is 5.91 Å². The minimum atomic E-state index is -1.04. The van der Waals surface area contributed by atoms with E-state index in [0.717, 1.165) is 10.0 Å². The molecule has 0 aliphatic rings. The second-order valence-electron chi connectivity index (χ2n) is 4.82. The van der Waals surface area contributed by atoms with E-state index in [2.05, 4.69) is 21.2 Å². The lowest BCUT2D eigenvalue weighted by molar-refractivity contribution is -0.122. The van der Waals surface area contributed by atoms with E-state index in [9.17, 15) is 4.79 Å². The number of hydrogen-bond donors (Lipinski definition) is 2. The third-order valence-corrected chi connectivity index (χ3v) is 3.88. The van der Waals surface area contributed by atoms with Gasteiger partial charge >= 0.3 is 0 Å². The molecule has 1 amide bonds. The molecule has 0 saturated carbocycles. The first-order chi connectivity index (χ1) is 9.97. The highest BCUT2D eigenvalue weighted by Crippen LogP contribution is 2.32.